The lowest BCUT2D eigenvalue weighted by Gasteiger charge is -2.13. The number of nitrogens with one attached hydrogen (secondary N) is 2. The molecular weight excluding hydrogens is 296 g/mol. The average Bonchev–Trinajstić information content (AvgIpc) is 2.59. The van der Waals surface area contributed by atoms with E-state index in [9.17, 15) is 5.21 Å². The average molecular weight is 312 g/mol. The third-order valence-electron chi connectivity index (χ3n) is 3.43. The van der Waals surface area contributed by atoms with Crippen LogP contribution in [0, 0.1) is 5.21 Å². The van der Waals surface area contributed by atoms with Crippen molar-refractivity contribution in [2.24, 2.45) is 0 Å². The third kappa shape index (κ3) is 3.51. The zero-order valence-electron chi connectivity index (χ0n) is 12.4. The van der Waals surface area contributed by atoms with Gasteiger partial charge in [0.1, 0.15) is 5.75 Å². The maximum absolute atomic E-state index is 11.0. The molecule has 0 radical (unpaired) electrons. The highest BCUT2D eigenvalue weighted by Gasteiger charge is 2.03. The van der Waals surface area contributed by atoms with Crippen molar-refractivity contribution in [3.05, 3.63) is 65.9 Å². The van der Waals surface area contributed by atoms with Crippen LogP contribution in [0.2, 0.25) is 0 Å². The third-order valence-corrected chi connectivity index (χ3v) is 3.43. The number of methoxy groups -OCH3 is 1. The number of quaternary nitrogens is 1. The Balaban J connectivity index is 1.73. The molecule has 0 saturated heterocycles. The standard InChI is InChI=1S/C17H16N2O4/c1-22-16-6-8-17(9-7-16)23-18-14-4-2-13-11-15(19(20)21)5-3-12(13)10-14/h2-11,18-20H,1H3. The summed E-state index contributed by atoms with van der Waals surface area (Å²) in [4.78, 5) is 5.50. The maximum atomic E-state index is 11.0. The first-order valence-corrected chi connectivity index (χ1v) is 7.00. The second-order valence-corrected chi connectivity index (χ2v) is 4.96. The molecular formula is C17H16N2O4. The van der Waals surface area contributed by atoms with E-state index in [2.05, 4.69) is 5.48 Å². The highest BCUT2D eigenvalue weighted by molar-refractivity contribution is 5.87. The normalized spacial score (nSPS) is 12.0. The first-order valence-electron chi connectivity index (χ1n) is 7.00. The van der Waals surface area contributed by atoms with Crippen LogP contribution >= 0.6 is 0 Å². The molecule has 1 atom stereocenters. The van der Waals surface area contributed by atoms with Crippen LogP contribution < -0.4 is 20.3 Å². The van der Waals surface area contributed by atoms with Crippen molar-refractivity contribution in [3.63, 3.8) is 0 Å². The smallest absolute Gasteiger partial charge is 0.164 e. The molecule has 3 aromatic carbocycles. The van der Waals surface area contributed by atoms with Gasteiger partial charge < -0.3 is 14.8 Å². The van der Waals surface area contributed by atoms with Gasteiger partial charge in [-0.25, -0.2) is 10.7 Å². The van der Waals surface area contributed by atoms with Crippen molar-refractivity contribution in [1.82, 2.24) is 0 Å². The van der Waals surface area contributed by atoms with Crippen molar-refractivity contribution in [2.75, 3.05) is 12.6 Å². The van der Waals surface area contributed by atoms with Crippen molar-refractivity contribution in [1.29, 1.82) is 0 Å². The van der Waals surface area contributed by atoms with Gasteiger partial charge in [-0.3, -0.25) is 0 Å². The summed E-state index contributed by atoms with van der Waals surface area (Å²) in [5.41, 5.74) is 3.92. The van der Waals surface area contributed by atoms with E-state index in [1.54, 1.807) is 37.4 Å². The van der Waals surface area contributed by atoms with Gasteiger partial charge in [-0.1, -0.05) is 6.07 Å². The lowest BCUT2D eigenvalue weighted by molar-refractivity contribution is -0.991. The van der Waals surface area contributed by atoms with Gasteiger partial charge in [0.25, 0.3) is 0 Å². The van der Waals surface area contributed by atoms with E-state index in [0.29, 0.717) is 5.75 Å². The molecule has 0 aliphatic carbocycles. The summed E-state index contributed by atoms with van der Waals surface area (Å²) < 4.78 is 5.09. The van der Waals surface area contributed by atoms with Gasteiger partial charge in [-0.2, -0.15) is 5.23 Å². The van der Waals surface area contributed by atoms with E-state index >= 15 is 0 Å². The summed E-state index contributed by atoms with van der Waals surface area (Å²) in [6, 6.07) is 17.8. The number of hydrogen-bond donors (Lipinski definition) is 3. The SMILES string of the molecule is COc1ccc(ONc2ccc3cc([NH+]([O-])O)ccc3c2)cc1. The summed E-state index contributed by atoms with van der Waals surface area (Å²) in [5, 5.41) is 20.8. The number of fused-ring (bicyclic) bond motifs is 1. The molecule has 6 heteroatoms. The number of hydrogen-bond acceptors (Lipinski definition) is 5. The van der Waals surface area contributed by atoms with E-state index in [1.807, 2.05) is 30.3 Å². The van der Waals surface area contributed by atoms with E-state index < -0.39 is 5.23 Å². The molecule has 3 rings (SSSR count). The molecule has 0 heterocycles. The summed E-state index contributed by atoms with van der Waals surface area (Å²) in [6.07, 6.45) is 0. The zero-order valence-corrected chi connectivity index (χ0v) is 12.4. The molecule has 0 aromatic heterocycles. The molecule has 0 aliphatic rings. The monoisotopic (exact) mass is 312 g/mol. The Morgan fingerprint density at radius 1 is 0.913 bits per heavy atom. The Bertz CT molecular complexity index is 803. The second-order valence-electron chi connectivity index (χ2n) is 4.96. The number of ether oxygens (including phenoxy) is 1. The van der Waals surface area contributed by atoms with Gasteiger partial charge in [-0.15, -0.1) is 0 Å². The lowest BCUT2D eigenvalue weighted by atomic mass is 10.1. The van der Waals surface area contributed by atoms with Crippen molar-refractivity contribution >= 4 is 22.1 Å². The van der Waals surface area contributed by atoms with Crippen LogP contribution in [0.15, 0.2) is 60.7 Å². The molecule has 1 unspecified atom stereocenters. The number of rotatable bonds is 5. The van der Waals surface area contributed by atoms with Gasteiger partial charge in [0.05, 0.1) is 12.8 Å². The molecule has 6 nitrogen and oxygen atoms in total. The Kier molecular flexibility index (Phi) is 4.29. The minimum absolute atomic E-state index is 0.271. The van der Waals surface area contributed by atoms with Crippen LogP contribution in [0.4, 0.5) is 11.4 Å². The van der Waals surface area contributed by atoms with Gasteiger partial charge in [0.15, 0.2) is 11.4 Å². The molecule has 118 valence electrons. The summed E-state index contributed by atoms with van der Waals surface area (Å²) in [6.45, 7) is 0. The van der Waals surface area contributed by atoms with E-state index in [-0.39, 0.29) is 5.69 Å². The summed E-state index contributed by atoms with van der Waals surface area (Å²) >= 11 is 0. The van der Waals surface area contributed by atoms with Gasteiger partial charge in [-0.05, 0) is 53.2 Å². The van der Waals surface area contributed by atoms with Gasteiger partial charge in [0.2, 0.25) is 0 Å². The Labute approximate surface area is 133 Å². The summed E-state index contributed by atoms with van der Waals surface area (Å²) in [7, 11) is 1.61. The van der Waals surface area contributed by atoms with Crippen molar-refractivity contribution in [2.45, 2.75) is 0 Å². The zero-order chi connectivity index (χ0) is 16.2. The number of benzene rings is 3. The van der Waals surface area contributed by atoms with E-state index in [4.69, 9.17) is 14.8 Å². The van der Waals surface area contributed by atoms with Gasteiger partial charge in [0, 0.05) is 12.1 Å². The molecule has 0 saturated carbocycles. The van der Waals surface area contributed by atoms with Crippen molar-refractivity contribution in [3.8, 4) is 11.5 Å². The number of anilines is 1. The maximum Gasteiger partial charge on any atom is 0.164 e. The molecule has 0 amide bonds. The van der Waals surface area contributed by atoms with Crippen molar-refractivity contribution < 1.29 is 20.0 Å². The second kappa shape index (κ2) is 6.53. The van der Waals surface area contributed by atoms with Crippen LogP contribution in [0.25, 0.3) is 10.8 Å². The largest absolute Gasteiger partial charge is 0.595 e. The highest BCUT2D eigenvalue weighted by Crippen LogP contribution is 2.22. The predicted octanol–water partition coefficient (Wildman–Crippen LogP) is 2.66. The van der Waals surface area contributed by atoms with Crippen LogP contribution in [0.3, 0.4) is 0 Å². The quantitative estimate of drug-likeness (QED) is 0.631. The fourth-order valence-corrected chi connectivity index (χ4v) is 2.20. The molecule has 0 spiro atoms. The molecule has 3 N–H and O–H groups in total. The predicted molar refractivity (Wildman–Crippen MR) is 87.0 cm³/mol. The molecule has 3 aromatic rings. The Morgan fingerprint density at radius 2 is 1.57 bits per heavy atom. The lowest BCUT2D eigenvalue weighted by Crippen LogP contribution is -2.99. The fraction of sp³-hybridized carbons (Fsp3) is 0.0588. The highest BCUT2D eigenvalue weighted by atomic mass is 16.8. The first-order chi connectivity index (χ1) is 11.2. The van der Waals surface area contributed by atoms with Crippen LogP contribution in [0.1, 0.15) is 0 Å². The van der Waals surface area contributed by atoms with Crippen LogP contribution in [-0.4, -0.2) is 12.3 Å². The molecule has 0 fully saturated rings. The van der Waals surface area contributed by atoms with E-state index in [0.717, 1.165) is 22.2 Å². The van der Waals surface area contributed by atoms with Crippen LogP contribution in [0.5, 0.6) is 11.5 Å². The van der Waals surface area contributed by atoms with Gasteiger partial charge >= 0.3 is 0 Å². The minimum Gasteiger partial charge on any atom is -0.595 e. The first kappa shape index (κ1) is 15.1. The Morgan fingerprint density at radius 3 is 2.26 bits per heavy atom. The summed E-state index contributed by atoms with van der Waals surface area (Å²) in [5.74, 6) is 1.42. The molecule has 23 heavy (non-hydrogen) atoms. The minimum atomic E-state index is -0.933. The topological polar surface area (TPSA) is 78.2 Å². The van der Waals surface area contributed by atoms with Crippen LogP contribution in [-0.2, 0) is 0 Å². The fourth-order valence-electron chi connectivity index (χ4n) is 2.20. The van der Waals surface area contributed by atoms with E-state index in [1.165, 1.54) is 0 Å². The molecule has 0 bridgehead atoms. The Hall–Kier alpha value is -2.80. The molecule has 0 aliphatic heterocycles.